The van der Waals surface area contributed by atoms with Crippen LogP contribution >= 0.6 is 11.3 Å². The third-order valence-corrected chi connectivity index (χ3v) is 5.66. The van der Waals surface area contributed by atoms with Crippen LogP contribution in [0.15, 0.2) is 42.5 Å². The number of hydrogen-bond donors (Lipinski definition) is 2. The molecular weight excluding hydrogens is 391 g/mol. The molecule has 0 atom stereocenters. The molecular formula is C19H18F3N3O2S. The number of halogens is 3. The topological polar surface area (TPSA) is 57.6 Å². The van der Waals surface area contributed by atoms with Gasteiger partial charge in [0.25, 0.3) is 0 Å². The first-order valence-electron chi connectivity index (χ1n) is 8.82. The summed E-state index contributed by atoms with van der Waals surface area (Å²) in [6.45, 7) is 1.59. The van der Waals surface area contributed by atoms with E-state index in [2.05, 4.69) is 19.9 Å². The minimum absolute atomic E-state index is 0.163. The largest absolute Gasteiger partial charge is 0.573 e. The minimum atomic E-state index is -4.70. The molecule has 1 aliphatic heterocycles. The second-order valence-corrected chi connectivity index (χ2v) is 7.64. The van der Waals surface area contributed by atoms with E-state index in [0.717, 1.165) is 41.3 Å². The van der Waals surface area contributed by atoms with Crippen molar-refractivity contribution in [1.29, 1.82) is 0 Å². The summed E-state index contributed by atoms with van der Waals surface area (Å²) in [7, 11) is 0. The second kappa shape index (κ2) is 7.38. The molecule has 0 aliphatic carbocycles. The van der Waals surface area contributed by atoms with Crippen molar-refractivity contribution in [1.82, 2.24) is 4.98 Å². The predicted molar refractivity (Wildman–Crippen MR) is 103 cm³/mol. The number of alkyl halides is 3. The van der Waals surface area contributed by atoms with Gasteiger partial charge in [-0.1, -0.05) is 17.4 Å². The average molecular weight is 409 g/mol. The molecule has 0 saturated carbocycles. The number of hydrogen-bond acceptors (Lipinski definition) is 6. The van der Waals surface area contributed by atoms with Crippen LogP contribution in [0, 0.1) is 0 Å². The van der Waals surface area contributed by atoms with Crippen molar-refractivity contribution < 1.29 is 23.0 Å². The van der Waals surface area contributed by atoms with Gasteiger partial charge in [-0.15, -0.1) is 13.2 Å². The molecule has 2 N–H and O–H groups in total. The Hall–Kier alpha value is -2.68. The fourth-order valence-corrected chi connectivity index (χ4v) is 4.27. The van der Waals surface area contributed by atoms with Crippen molar-refractivity contribution in [2.24, 2.45) is 0 Å². The molecule has 1 saturated heterocycles. The molecule has 0 amide bonds. The predicted octanol–water partition coefficient (Wildman–Crippen LogP) is 4.98. The van der Waals surface area contributed by atoms with Gasteiger partial charge in [-0.3, -0.25) is 0 Å². The van der Waals surface area contributed by atoms with Gasteiger partial charge in [0.15, 0.2) is 5.13 Å². The highest BCUT2D eigenvalue weighted by Crippen LogP contribution is 2.33. The molecule has 0 radical (unpaired) electrons. The number of nitrogens with one attached hydrogen (secondary N) is 1. The molecule has 0 spiro atoms. The number of phenols is 1. The van der Waals surface area contributed by atoms with Crippen molar-refractivity contribution in [2.45, 2.75) is 25.2 Å². The first kappa shape index (κ1) is 18.7. The van der Waals surface area contributed by atoms with Gasteiger partial charge >= 0.3 is 6.36 Å². The van der Waals surface area contributed by atoms with Crippen LogP contribution in [0.3, 0.4) is 0 Å². The zero-order valence-electron chi connectivity index (χ0n) is 14.7. The van der Waals surface area contributed by atoms with Gasteiger partial charge in [0.2, 0.25) is 0 Å². The number of phenolic OH excluding ortho intramolecular Hbond substituents is 1. The summed E-state index contributed by atoms with van der Waals surface area (Å²) in [5.41, 5.74) is 1.39. The zero-order valence-corrected chi connectivity index (χ0v) is 15.6. The summed E-state index contributed by atoms with van der Waals surface area (Å²) in [6.07, 6.45) is -3.02. The van der Waals surface area contributed by atoms with E-state index in [9.17, 15) is 18.3 Å². The van der Waals surface area contributed by atoms with E-state index in [0.29, 0.717) is 5.69 Å². The van der Waals surface area contributed by atoms with E-state index in [-0.39, 0.29) is 17.5 Å². The second-order valence-electron chi connectivity index (χ2n) is 6.63. The van der Waals surface area contributed by atoms with E-state index in [1.807, 2.05) is 6.07 Å². The van der Waals surface area contributed by atoms with Gasteiger partial charge in [0.05, 0.1) is 10.2 Å². The van der Waals surface area contributed by atoms with E-state index < -0.39 is 6.36 Å². The maximum absolute atomic E-state index is 12.4. The Morgan fingerprint density at radius 3 is 2.68 bits per heavy atom. The maximum Gasteiger partial charge on any atom is 0.573 e. The van der Waals surface area contributed by atoms with Crippen LogP contribution in [0.5, 0.6) is 11.5 Å². The fraction of sp³-hybridized carbons (Fsp3) is 0.316. The van der Waals surface area contributed by atoms with Gasteiger partial charge in [-0.05, 0) is 37.1 Å². The van der Waals surface area contributed by atoms with Crippen molar-refractivity contribution in [3.63, 3.8) is 0 Å². The molecule has 148 valence electrons. The molecule has 4 rings (SSSR count). The summed E-state index contributed by atoms with van der Waals surface area (Å²) in [6, 6.07) is 11.2. The normalized spacial score (nSPS) is 15.8. The Labute approximate surface area is 163 Å². The summed E-state index contributed by atoms with van der Waals surface area (Å²) in [5, 5.41) is 13.8. The lowest BCUT2D eigenvalue weighted by Crippen LogP contribution is -2.39. The van der Waals surface area contributed by atoms with Crippen molar-refractivity contribution >= 4 is 32.4 Å². The third-order valence-electron chi connectivity index (χ3n) is 4.56. The standard InChI is InChI=1S/C19H18F3N3O2S/c20-19(21,22)27-15-3-1-2-13(10-15)23-12-6-8-25(9-7-12)18-24-16-11-14(26)4-5-17(16)28-18/h1-5,10-12,23,26H,6-9H2. The molecule has 1 fully saturated rings. The highest BCUT2D eigenvalue weighted by molar-refractivity contribution is 7.22. The van der Waals surface area contributed by atoms with Crippen LogP contribution in [0.25, 0.3) is 10.2 Å². The Morgan fingerprint density at radius 1 is 1.14 bits per heavy atom. The molecule has 2 heterocycles. The monoisotopic (exact) mass is 409 g/mol. The number of aromatic nitrogens is 1. The van der Waals surface area contributed by atoms with E-state index in [1.54, 1.807) is 29.5 Å². The maximum atomic E-state index is 12.4. The number of piperidine rings is 1. The smallest absolute Gasteiger partial charge is 0.508 e. The van der Waals surface area contributed by atoms with Gasteiger partial charge < -0.3 is 20.1 Å². The highest BCUT2D eigenvalue weighted by atomic mass is 32.1. The molecule has 2 aromatic carbocycles. The molecule has 1 aromatic heterocycles. The van der Waals surface area contributed by atoms with E-state index in [1.165, 1.54) is 18.2 Å². The van der Waals surface area contributed by atoms with Crippen LogP contribution in [-0.2, 0) is 0 Å². The van der Waals surface area contributed by atoms with E-state index >= 15 is 0 Å². The number of aromatic hydroxyl groups is 1. The summed E-state index contributed by atoms with van der Waals surface area (Å²) < 4.78 is 42.1. The quantitative estimate of drug-likeness (QED) is 0.636. The Kier molecular flexibility index (Phi) is 4.92. The van der Waals surface area contributed by atoms with Crippen LogP contribution in [-0.4, -0.2) is 35.6 Å². The lowest BCUT2D eigenvalue weighted by Gasteiger charge is -2.32. The lowest BCUT2D eigenvalue weighted by molar-refractivity contribution is -0.274. The number of thiazole rings is 1. The first-order chi connectivity index (χ1) is 13.4. The number of anilines is 2. The van der Waals surface area contributed by atoms with Crippen molar-refractivity contribution in [3.05, 3.63) is 42.5 Å². The third kappa shape index (κ3) is 4.41. The molecule has 3 aromatic rings. The van der Waals surface area contributed by atoms with Crippen LogP contribution < -0.4 is 15.0 Å². The Balaban J connectivity index is 1.37. The van der Waals surface area contributed by atoms with Gasteiger partial charge in [0, 0.05) is 37.0 Å². The van der Waals surface area contributed by atoms with Crippen LogP contribution in [0.2, 0.25) is 0 Å². The van der Waals surface area contributed by atoms with Gasteiger partial charge in [-0.25, -0.2) is 4.98 Å². The number of ether oxygens (including phenoxy) is 1. The average Bonchev–Trinajstić information content (AvgIpc) is 3.04. The zero-order chi connectivity index (χ0) is 19.7. The minimum Gasteiger partial charge on any atom is -0.508 e. The van der Waals surface area contributed by atoms with Crippen LogP contribution in [0.4, 0.5) is 24.0 Å². The van der Waals surface area contributed by atoms with E-state index in [4.69, 9.17) is 0 Å². The molecule has 1 aliphatic rings. The first-order valence-corrected chi connectivity index (χ1v) is 9.64. The number of rotatable bonds is 4. The van der Waals surface area contributed by atoms with Crippen LogP contribution in [0.1, 0.15) is 12.8 Å². The number of fused-ring (bicyclic) bond motifs is 1. The molecule has 0 bridgehead atoms. The SMILES string of the molecule is Oc1ccc2sc(N3CCC(Nc4cccc(OC(F)(F)F)c4)CC3)nc2c1. The molecule has 28 heavy (non-hydrogen) atoms. The molecule has 5 nitrogen and oxygen atoms in total. The lowest BCUT2D eigenvalue weighted by atomic mass is 10.1. The highest BCUT2D eigenvalue weighted by Gasteiger charge is 2.31. The van der Waals surface area contributed by atoms with Gasteiger partial charge in [-0.2, -0.15) is 0 Å². The number of benzene rings is 2. The molecule has 9 heteroatoms. The summed E-state index contributed by atoms with van der Waals surface area (Å²) in [4.78, 5) is 6.79. The van der Waals surface area contributed by atoms with Crippen molar-refractivity contribution in [3.8, 4) is 11.5 Å². The fourth-order valence-electron chi connectivity index (χ4n) is 3.27. The Bertz CT molecular complexity index is 968. The Morgan fingerprint density at radius 2 is 1.93 bits per heavy atom. The summed E-state index contributed by atoms with van der Waals surface area (Å²) >= 11 is 1.59. The summed E-state index contributed by atoms with van der Waals surface area (Å²) in [5.74, 6) is -0.0309. The number of nitrogens with zero attached hydrogens (tertiary/aromatic N) is 2. The van der Waals surface area contributed by atoms with Gasteiger partial charge in [0.1, 0.15) is 11.5 Å². The molecule has 0 unspecified atom stereocenters. The van der Waals surface area contributed by atoms with Crippen molar-refractivity contribution in [2.75, 3.05) is 23.3 Å².